The number of amides is 1. The number of methoxy groups -OCH3 is 1. The first-order chi connectivity index (χ1) is 11.2. The number of carbonyl (C=O) groups is 2. The first-order valence-corrected chi connectivity index (χ1v) is 12.2. The Morgan fingerprint density at radius 1 is 1.50 bits per heavy atom. The minimum Gasteiger partial charge on any atom is -0.467 e. The molecule has 0 radical (unpaired) electrons. The number of ether oxygens (including phenoxy) is 2. The normalized spacial score (nSPS) is 31.8. The molecule has 6 heteroatoms. The molecule has 0 N–H and O–H groups in total. The zero-order chi connectivity index (χ0) is 17.7. The Kier molecular flexibility index (Phi) is 4.14. The van der Waals surface area contributed by atoms with Crippen LogP contribution in [0, 0.1) is 5.41 Å². The summed E-state index contributed by atoms with van der Waals surface area (Å²) < 4.78 is 10.7. The highest BCUT2D eigenvalue weighted by Gasteiger charge is 2.63. The maximum atomic E-state index is 12.8. The number of rotatable bonds is 5. The summed E-state index contributed by atoms with van der Waals surface area (Å²) in [5, 5.41) is 0.930. The number of allylic oxidation sites excluding steroid dienone is 1. The van der Waals surface area contributed by atoms with Crippen molar-refractivity contribution in [1.82, 2.24) is 4.90 Å². The van der Waals surface area contributed by atoms with Gasteiger partial charge in [-0.25, -0.2) is 9.59 Å². The van der Waals surface area contributed by atoms with Gasteiger partial charge in [-0.3, -0.25) is 4.90 Å². The lowest BCUT2D eigenvalue weighted by molar-refractivity contribution is -0.145. The Balaban J connectivity index is 2.10. The molecule has 2 heterocycles. The van der Waals surface area contributed by atoms with Crippen molar-refractivity contribution in [3.8, 4) is 0 Å². The van der Waals surface area contributed by atoms with Crippen molar-refractivity contribution in [3.63, 3.8) is 0 Å². The van der Waals surface area contributed by atoms with Crippen LogP contribution in [-0.4, -0.2) is 44.2 Å². The van der Waals surface area contributed by atoms with Gasteiger partial charge in [-0.1, -0.05) is 25.7 Å². The Morgan fingerprint density at radius 3 is 2.79 bits per heavy atom. The highest BCUT2D eigenvalue weighted by molar-refractivity contribution is 6.82. The molecule has 0 unspecified atom stereocenters. The molecule has 0 aromatic rings. The van der Waals surface area contributed by atoms with Crippen LogP contribution in [0.2, 0.25) is 19.6 Å². The molecular formula is C18H27NO4Si. The third-order valence-electron chi connectivity index (χ3n) is 5.71. The zero-order valence-corrected chi connectivity index (χ0v) is 16.1. The van der Waals surface area contributed by atoms with Crippen molar-refractivity contribution in [2.24, 2.45) is 5.41 Å². The monoisotopic (exact) mass is 349 g/mol. The van der Waals surface area contributed by atoms with E-state index in [1.807, 2.05) is 6.08 Å². The third kappa shape index (κ3) is 2.42. The number of hydrogen-bond acceptors (Lipinski definition) is 4. The fraction of sp³-hybridized carbons (Fsp3) is 0.667. The maximum absolute atomic E-state index is 12.8. The summed E-state index contributed by atoms with van der Waals surface area (Å²) in [4.78, 5) is 26.7. The van der Waals surface area contributed by atoms with E-state index < -0.39 is 14.1 Å². The quantitative estimate of drug-likeness (QED) is 0.432. The van der Waals surface area contributed by atoms with E-state index in [-0.39, 0.29) is 23.5 Å². The van der Waals surface area contributed by atoms with Crippen LogP contribution < -0.4 is 0 Å². The van der Waals surface area contributed by atoms with Crippen molar-refractivity contribution >= 4 is 20.1 Å². The molecule has 1 saturated heterocycles. The van der Waals surface area contributed by atoms with Gasteiger partial charge in [0.05, 0.1) is 18.5 Å². The van der Waals surface area contributed by atoms with E-state index in [1.54, 1.807) is 4.90 Å². The standard InChI is InChI=1S/C18H27NO4Si/c1-6-7-9-18-10-8-12-14(18)19(13(11-18)15(20)22-2)17(21)23-16(12)24(3,4)5/h6,13-14H,1,7-11H2,2-5H3/t13-,14+,18+/m0/s1. The van der Waals surface area contributed by atoms with Crippen LogP contribution in [-0.2, 0) is 14.3 Å². The third-order valence-corrected chi connectivity index (χ3v) is 7.49. The topological polar surface area (TPSA) is 55.8 Å². The molecule has 3 rings (SSSR count). The molecule has 0 aromatic heterocycles. The minimum atomic E-state index is -1.76. The predicted molar refractivity (Wildman–Crippen MR) is 94.0 cm³/mol. The van der Waals surface area contributed by atoms with E-state index in [2.05, 4.69) is 26.2 Å². The summed E-state index contributed by atoms with van der Waals surface area (Å²) in [7, 11) is -0.382. The van der Waals surface area contributed by atoms with Gasteiger partial charge in [0.2, 0.25) is 0 Å². The zero-order valence-electron chi connectivity index (χ0n) is 15.1. The first-order valence-electron chi connectivity index (χ1n) is 8.67. The van der Waals surface area contributed by atoms with Gasteiger partial charge in [-0.15, -0.1) is 6.58 Å². The summed E-state index contributed by atoms with van der Waals surface area (Å²) in [6.07, 6.45) is 6.00. The van der Waals surface area contributed by atoms with Crippen LogP contribution in [0.4, 0.5) is 4.79 Å². The van der Waals surface area contributed by atoms with Crippen LogP contribution in [0.25, 0.3) is 0 Å². The molecular weight excluding hydrogens is 322 g/mol. The fourth-order valence-electron chi connectivity index (χ4n) is 4.76. The Labute approximate surface area is 144 Å². The van der Waals surface area contributed by atoms with Gasteiger partial charge in [-0.05, 0) is 43.1 Å². The lowest BCUT2D eigenvalue weighted by Gasteiger charge is -2.39. The second-order valence-corrected chi connectivity index (χ2v) is 13.2. The molecule has 1 saturated carbocycles. The highest BCUT2D eigenvalue weighted by Crippen LogP contribution is 2.59. The second-order valence-electron chi connectivity index (χ2n) is 8.21. The van der Waals surface area contributed by atoms with Gasteiger partial charge in [0, 0.05) is 0 Å². The lowest BCUT2D eigenvalue weighted by atomic mass is 9.76. The van der Waals surface area contributed by atoms with Crippen molar-refractivity contribution < 1.29 is 19.1 Å². The molecule has 5 nitrogen and oxygen atoms in total. The van der Waals surface area contributed by atoms with E-state index in [9.17, 15) is 9.59 Å². The van der Waals surface area contributed by atoms with E-state index in [4.69, 9.17) is 9.47 Å². The Bertz CT molecular complexity index is 621. The number of esters is 1. The number of nitrogens with zero attached hydrogens (tertiary/aromatic N) is 1. The lowest BCUT2D eigenvalue weighted by Crippen LogP contribution is -2.52. The van der Waals surface area contributed by atoms with E-state index in [0.29, 0.717) is 6.42 Å². The number of carbonyl (C=O) groups excluding carboxylic acids is 2. The predicted octanol–water partition coefficient (Wildman–Crippen LogP) is 3.63. The van der Waals surface area contributed by atoms with Crippen molar-refractivity contribution in [2.75, 3.05) is 7.11 Å². The summed E-state index contributed by atoms with van der Waals surface area (Å²) in [5.74, 6) is -0.338. The van der Waals surface area contributed by atoms with Gasteiger partial charge in [-0.2, -0.15) is 0 Å². The molecule has 3 aliphatic rings. The number of cyclic esters (lactones) is 1. The Morgan fingerprint density at radius 2 is 2.21 bits per heavy atom. The molecule has 0 spiro atoms. The van der Waals surface area contributed by atoms with Gasteiger partial charge in [0.15, 0.2) is 0 Å². The van der Waals surface area contributed by atoms with Crippen LogP contribution in [0.1, 0.15) is 32.1 Å². The van der Waals surface area contributed by atoms with Crippen LogP contribution >= 0.6 is 0 Å². The van der Waals surface area contributed by atoms with Gasteiger partial charge >= 0.3 is 12.1 Å². The Hall–Kier alpha value is -1.56. The molecule has 0 bridgehead atoms. The maximum Gasteiger partial charge on any atom is 0.415 e. The first kappa shape index (κ1) is 17.3. The van der Waals surface area contributed by atoms with Crippen LogP contribution in [0.15, 0.2) is 23.6 Å². The largest absolute Gasteiger partial charge is 0.467 e. The second kappa shape index (κ2) is 5.76. The summed E-state index contributed by atoms with van der Waals surface area (Å²) in [6.45, 7) is 10.5. The molecule has 2 aliphatic heterocycles. The molecule has 2 fully saturated rings. The average Bonchev–Trinajstić information content (AvgIpc) is 3.04. The van der Waals surface area contributed by atoms with Crippen molar-refractivity contribution in [3.05, 3.63) is 23.6 Å². The molecule has 3 atom stereocenters. The van der Waals surface area contributed by atoms with E-state index in [0.717, 1.165) is 31.1 Å². The smallest absolute Gasteiger partial charge is 0.415 e. The van der Waals surface area contributed by atoms with Gasteiger partial charge < -0.3 is 9.47 Å². The SMILES string of the molecule is C=CCC[C@@]12CCC3=C([Si](C)(C)C)OC(=O)N([C@H](C(=O)OC)C1)[C@H]32. The van der Waals surface area contributed by atoms with Crippen LogP contribution in [0.5, 0.6) is 0 Å². The van der Waals surface area contributed by atoms with E-state index >= 15 is 0 Å². The minimum absolute atomic E-state index is 0.00970. The fourth-order valence-corrected chi connectivity index (χ4v) is 6.38. The molecule has 0 aromatic carbocycles. The van der Waals surface area contributed by atoms with Gasteiger partial charge in [0.1, 0.15) is 14.1 Å². The summed E-state index contributed by atoms with van der Waals surface area (Å²) in [6, 6.07) is -0.541. The molecule has 24 heavy (non-hydrogen) atoms. The van der Waals surface area contributed by atoms with Crippen molar-refractivity contribution in [2.45, 2.75) is 63.8 Å². The van der Waals surface area contributed by atoms with E-state index in [1.165, 1.54) is 12.7 Å². The van der Waals surface area contributed by atoms with Crippen LogP contribution in [0.3, 0.4) is 0 Å². The average molecular weight is 350 g/mol. The summed E-state index contributed by atoms with van der Waals surface area (Å²) >= 11 is 0. The summed E-state index contributed by atoms with van der Waals surface area (Å²) in [5.41, 5.74) is 1.21. The van der Waals surface area contributed by atoms with Crippen molar-refractivity contribution in [1.29, 1.82) is 0 Å². The highest BCUT2D eigenvalue weighted by atomic mass is 28.3. The number of hydrogen-bond donors (Lipinski definition) is 0. The molecule has 1 aliphatic carbocycles. The van der Waals surface area contributed by atoms with Gasteiger partial charge in [0.25, 0.3) is 0 Å². The molecule has 1 amide bonds. The molecule has 132 valence electrons.